The molecule has 1 saturated heterocycles. The lowest BCUT2D eigenvalue weighted by Crippen LogP contribution is -2.54. The Morgan fingerprint density at radius 3 is 2.61 bits per heavy atom. The van der Waals surface area contributed by atoms with Crippen molar-refractivity contribution in [2.24, 2.45) is 11.3 Å². The maximum atomic E-state index is 13.1. The van der Waals surface area contributed by atoms with E-state index in [1.54, 1.807) is 24.3 Å². The SMILES string of the molecule is C[C@H]1CC(C)(C)C[C@@]2(C1)NC(=O)N(C[C@H](O)COc1ccc(C#N)cc1)C2=O. The largest absolute Gasteiger partial charge is 0.491 e. The Hall–Kier alpha value is -2.59. The quantitative estimate of drug-likeness (QED) is 0.758. The van der Waals surface area contributed by atoms with Crippen molar-refractivity contribution in [1.29, 1.82) is 5.26 Å². The normalized spacial score (nSPS) is 27.4. The number of nitrogens with zero attached hydrogens (tertiary/aromatic N) is 2. The average Bonchev–Trinajstić information content (AvgIpc) is 2.82. The Morgan fingerprint density at radius 1 is 1.32 bits per heavy atom. The van der Waals surface area contributed by atoms with Crippen molar-refractivity contribution in [3.05, 3.63) is 29.8 Å². The van der Waals surface area contributed by atoms with Crippen LogP contribution in [0.3, 0.4) is 0 Å². The monoisotopic (exact) mass is 385 g/mol. The molecule has 0 bridgehead atoms. The number of aliphatic hydroxyl groups excluding tert-OH is 1. The number of nitriles is 1. The van der Waals surface area contributed by atoms with Crippen LogP contribution in [0.25, 0.3) is 0 Å². The molecule has 3 atom stereocenters. The number of rotatable bonds is 5. The van der Waals surface area contributed by atoms with Gasteiger partial charge >= 0.3 is 6.03 Å². The van der Waals surface area contributed by atoms with E-state index < -0.39 is 17.7 Å². The Labute approximate surface area is 165 Å². The summed E-state index contributed by atoms with van der Waals surface area (Å²) in [7, 11) is 0. The van der Waals surface area contributed by atoms with E-state index in [2.05, 4.69) is 26.1 Å². The molecule has 2 aliphatic rings. The van der Waals surface area contributed by atoms with Gasteiger partial charge in [-0.05, 0) is 54.9 Å². The third-order valence-electron chi connectivity index (χ3n) is 5.44. The number of carbonyl (C=O) groups is 2. The van der Waals surface area contributed by atoms with Crippen LogP contribution in [-0.4, -0.2) is 46.7 Å². The Bertz CT molecular complexity index is 799. The van der Waals surface area contributed by atoms with Crippen LogP contribution in [-0.2, 0) is 4.79 Å². The molecule has 0 radical (unpaired) electrons. The van der Waals surface area contributed by atoms with Gasteiger partial charge in [-0.25, -0.2) is 4.79 Å². The summed E-state index contributed by atoms with van der Waals surface area (Å²) in [5.74, 6) is 0.585. The number of aliphatic hydroxyl groups is 1. The Kier molecular flexibility index (Phi) is 5.35. The maximum Gasteiger partial charge on any atom is 0.325 e. The fourth-order valence-electron chi connectivity index (χ4n) is 4.75. The third kappa shape index (κ3) is 4.12. The summed E-state index contributed by atoms with van der Waals surface area (Å²) >= 11 is 0. The van der Waals surface area contributed by atoms with Gasteiger partial charge in [0.25, 0.3) is 5.91 Å². The van der Waals surface area contributed by atoms with Gasteiger partial charge in [0, 0.05) is 0 Å². The summed E-state index contributed by atoms with van der Waals surface area (Å²) in [6.07, 6.45) is 1.23. The fourth-order valence-corrected chi connectivity index (χ4v) is 4.75. The molecule has 3 rings (SSSR count). The van der Waals surface area contributed by atoms with Gasteiger partial charge in [-0.3, -0.25) is 9.69 Å². The predicted octanol–water partition coefficient (Wildman–Crippen LogP) is 2.43. The lowest BCUT2D eigenvalue weighted by atomic mass is 9.64. The molecule has 1 aromatic carbocycles. The summed E-state index contributed by atoms with van der Waals surface area (Å²) in [5.41, 5.74) is -0.387. The van der Waals surface area contributed by atoms with E-state index in [1.165, 1.54) is 0 Å². The second-order valence-electron chi connectivity index (χ2n) is 8.88. The molecule has 1 aliphatic heterocycles. The highest BCUT2D eigenvalue weighted by molar-refractivity contribution is 6.07. The molecule has 7 nitrogen and oxygen atoms in total. The van der Waals surface area contributed by atoms with Crippen LogP contribution in [0, 0.1) is 22.7 Å². The zero-order chi connectivity index (χ0) is 20.5. The van der Waals surface area contributed by atoms with Crippen molar-refractivity contribution < 1.29 is 19.4 Å². The molecule has 2 N–H and O–H groups in total. The van der Waals surface area contributed by atoms with Gasteiger partial charge in [0.2, 0.25) is 0 Å². The minimum Gasteiger partial charge on any atom is -0.491 e. The van der Waals surface area contributed by atoms with Crippen molar-refractivity contribution >= 4 is 11.9 Å². The molecule has 150 valence electrons. The number of nitrogens with one attached hydrogen (secondary N) is 1. The maximum absolute atomic E-state index is 13.1. The first-order valence-electron chi connectivity index (χ1n) is 9.59. The first-order chi connectivity index (χ1) is 13.1. The number of hydrogen-bond donors (Lipinski definition) is 2. The third-order valence-corrected chi connectivity index (χ3v) is 5.44. The van der Waals surface area contributed by atoms with E-state index in [9.17, 15) is 14.7 Å². The predicted molar refractivity (Wildman–Crippen MR) is 102 cm³/mol. The smallest absolute Gasteiger partial charge is 0.325 e. The van der Waals surface area contributed by atoms with E-state index >= 15 is 0 Å². The summed E-state index contributed by atoms with van der Waals surface area (Å²) < 4.78 is 5.51. The van der Waals surface area contributed by atoms with Crippen LogP contribution in [0.1, 0.15) is 45.6 Å². The molecular weight excluding hydrogens is 358 g/mol. The summed E-state index contributed by atoms with van der Waals surface area (Å²) in [6.45, 7) is 6.17. The molecule has 28 heavy (non-hydrogen) atoms. The highest BCUT2D eigenvalue weighted by Gasteiger charge is 2.56. The molecular formula is C21H27N3O4. The first-order valence-corrected chi connectivity index (χ1v) is 9.59. The van der Waals surface area contributed by atoms with Gasteiger partial charge in [0.05, 0.1) is 18.2 Å². The molecule has 2 fully saturated rings. The van der Waals surface area contributed by atoms with Crippen molar-refractivity contribution in [1.82, 2.24) is 10.2 Å². The molecule has 7 heteroatoms. The molecule has 1 heterocycles. The van der Waals surface area contributed by atoms with E-state index in [0.29, 0.717) is 30.1 Å². The molecule has 1 aliphatic carbocycles. The van der Waals surface area contributed by atoms with Crippen molar-refractivity contribution in [3.8, 4) is 11.8 Å². The molecule has 1 aromatic rings. The minimum atomic E-state index is -1.01. The van der Waals surface area contributed by atoms with E-state index in [0.717, 1.165) is 11.3 Å². The van der Waals surface area contributed by atoms with Crippen LogP contribution < -0.4 is 10.1 Å². The van der Waals surface area contributed by atoms with Crippen LogP contribution in [0.2, 0.25) is 0 Å². The Balaban J connectivity index is 1.61. The van der Waals surface area contributed by atoms with Gasteiger partial charge in [-0.15, -0.1) is 0 Å². The topological polar surface area (TPSA) is 103 Å². The van der Waals surface area contributed by atoms with E-state index in [-0.39, 0.29) is 24.5 Å². The highest BCUT2D eigenvalue weighted by atomic mass is 16.5. The fraction of sp³-hybridized carbons (Fsp3) is 0.571. The van der Waals surface area contributed by atoms with Gasteiger partial charge in [0.15, 0.2) is 0 Å². The number of hydrogen-bond acceptors (Lipinski definition) is 5. The second kappa shape index (κ2) is 7.44. The standard InChI is InChI=1S/C21H27N3O4/c1-14-8-20(2,3)13-21(9-14)18(26)24(19(27)23-21)11-16(25)12-28-17-6-4-15(10-22)5-7-17/h4-7,14,16,25H,8-9,11-13H2,1-3H3,(H,23,27)/t14-,16-,21+/m0/s1. The number of amides is 3. The van der Waals surface area contributed by atoms with Crippen molar-refractivity contribution in [3.63, 3.8) is 0 Å². The van der Waals surface area contributed by atoms with Crippen LogP contribution in [0.5, 0.6) is 5.75 Å². The number of urea groups is 1. The van der Waals surface area contributed by atoms with Crippen molar-refractivity contribution in [2.75, 3.05) is 13.2 Å². The van der Waals surface area contributed by atoms with Gasteiger partial charge in [-0.2, -0.15) is 5.26 Å². The highest BCUT2D eigenvalue weighted by Crippen LogP contribution is 2.46. The average molecular weight is 385 g/mol. The second-order valence-corrected chi connectivity index (χ2v) is 8.88. The number of ether oxygens (including phenoxy) is 1. The molecule has 1 saturated carbocycles. The number of imide groups is 1. The molecule has 3 amide bonds. The molecule has 0 unspecified atom stereocenters. The van der Waals surface area contributed by atoms with Gasteiger partial charge in [0.1, 0.15) is 24.0 Å². The van der Waals surface area contributed by atoms with Crippen LogP contribution in [0.4, 0.5) is 4.79 Å². The van der Waals surface area contributed by atoms with Gasteiger partial charge < -0.3 is 15.2 Å². The Morgan fingerprint density at radius 2 is 2.00 bits per heavy atom. The molecule has 0 aromatic heterocycles. The van der Waals surface area contributed by atoms with Crippen LogP contribution in [0.15, 0.2) is 24.3 Å². The minimum absolute atomic E-state index is 0.0338. The van der Waals surface area contributed by atoms with Crippen LogP contribution >= 0.6 is 0 Å². The zero-order valence-electron chi connectivity index (χ0n) is 16.6. The summed E-state index contributed by atoms with van der Waals surface area (Å²) in [5, 5.41) is 22.0. The van der Waals surface area contributed by atoms with E-state index in [4.69, 9.17) is 10.00 Å². The molecule has 1 spiro atoms. The van der Waals surface area contributed by atoms with E-state index in [1.807, 2.05) is 6.07 Å². The summed E-state index contributed by atoms with van der Waals surface area (Å²) in [4.78, 5) is 26.6. The number of benzene rings is 1. The lowest BCUT2D eigenvalue weighted by molar-refractivity contribution is -0.135. The summed E-state index contributed by atoms with van der Waals surface area (Å²) in [6, 6.07) is 8.09. The van der Waals surface area contributed by atoms with Crippen molar-refractivity contribution in [2.45, 2.75) is 51.7 Å². The lowest BCUT2D eigenvalue weighted by Gasteiger charge is -2.43. The number of carbonyl (C=O) groups excluding carboxylic acids is 2. The number of β-amino-alcohol motifs (C(OH)–C–C–N with tert-alkyl or cyclic N) is 1. The zero-order valence-corrected chi connectivity index (χ0v) is 16.6. The first kappa shape index (κ1) is 20.2. The van der Waals surface area contributed by atoms with Gasteiger partial charge in [-0.1, -0.05) is 20.8 Å².